The summed E-state index contributed by atoms with van der Waals surface area (Å²) in [5.41, 5.74) is 0.403. The molecule has 2 N–H and O–H groups in total. The van der Waals surface area contributed by atoms with Crippen molar-refractivity contribution in [1.82, 2.24) is 15.6 Å². The Bertz CT molecular complexity index is 605. The third-order valence-corrected chi connectivity index (χ3v) is 4.26. The van der Waals surface area contributed by atoms with Crippen LogP contribution < -0.4 is 10.6 Å². The number of hydrogen-bond acceptors (Lipinski definition) is 5. The van der Waals surface area contributed by atoms with Gasteiger partial charge in [-0.3, -0.25) is 4.79 Å². The second kappa shape index (κ2) is 4.49. The van der Waals surface area contributed by atoms with Crippen molar-refractivity contribution >= 4 is 5.91 Å². The highest BCUT2D eigenvalue weighted by atomic mass is 16.3. The van der Waals surface area contributed by atoms with E-state index in [9.17, 15) is 4.79 Å². The molecule has 1 saturated carbocycles. The number of carbonyl (C=O) groups excluding carboxylic acids is 1. The van der Waals surface area contributed by atoms with Gasteiger partial charge in [-0.05, 0) is 31.0 Å². The molecule has 2 saturated heterocycles. The average molecular weight is 273 g/mol. The van der Waals surface area contributed by atoms with Gasteiger partial charge in [0.25, 0.3) is 5.91 Å². The number of fused-ring (bicyclic) bond motifs is 1. The molecule has 6 heteroatoms. The third kappa shape index (κ3) is 1.76. The molecule has 104 valence electrons. The number of carbonyl (C=O) groups is 1. The van der Waals surface area contributed by atoms with E-state index in [1.165, 1.54) is 12.8 Å². The topological polar surface area (TPSA) is 80.3 Å². The van der Waals surface area contributed by atoms with E-state index in [-0.39, 0.29) is 5.91 Å². The lowest BCUT2D eigenvalue weighted by Crippen LogP contribution is -2.36. The van der Waals surface area contributed by atoms with Crippen LogP contribution in [0.15, 0.2) is 33.6 Å². The zero-order valence-electron chi connectivity index (χ0n) is 10.8. The minimum Gasteiger partial charge on any atom is -0.467 e. The Morgan fingerprint density at radius 2 is 2.45 bits per heavy atom. The molecule has 2 bridgehead atoms. The number of amides is 1. The fourth-order valence-electron chi connectivity index (χ4n) is 3.20. The molecule has 4 heterocycles. The molecule has 0 radical (unpaired) electrons. The van der Waals surface area contributed by atoms with Crippen LogP contribution in [-0.2, 0) is 6.54 Å². The van der Waals surface area contributed by atoms with Gasteiger partial charge < -0.3 is 19.5 Å². The van der Waals surface area contributed by atoms with Crippen LogP contribution in [0.3, 0.4) is 0 Å². The number of oxazole rings is 1. The highest BCUT2D eigenvalue weighted by molar-refractivity contribution is 5.93. The van der Waals surface area contributed by atoms with Gasteiger partial charge in [-0.2, -0.15) is 0 Å². The molecule has 6 nitrogen and oxygen atoms in total. The molecule has 3 atom stereocenters. The number of furan rings is 1. The highest BCUT2D eigenvalue weighted by Gasteiger charge is 2.50. The molecule has 2 aromatic rings. The molecule has 5 rings (SSSR count). The van der Waals surface area contributed by atoms with Gasteiger partial charge in [0.15, 0.2) is 12.1 Å². The maximum atomic E-state index is 12.2. The van der Waals surface area contributed by atoms with Crippen LogP contribution in [0.2, 0.25) is 0 Å². The summed E-state index contributed by atoms with van der Waals surface area (Å²) in [4.78, 5) is 16.3. The molecule has 0 spiro atoms. The van der Waals surface area contributed by atoms with Crippen molar-refractivity contribution in [2.45, 2.75) is 24.9 Å². The molecular formula is C14H15N3O3. The Balaban J connectivity index is 1.48. The smallest absolute Gasteiger partial charge is 0.273 e. The fourth-order valence-corrected chi connectivity index (χ4v) is 3.20. The van der Waals surface area contributed by atoms with Crippen LogP contribution in [-0.4, -0.2) is 23.5 Å². The van der Waals surface area contributed by atoms with Crippen LogP contribution in [0, 0.1) is 5.92 Å². The Kier molecular flexibility index (Phi) is 2.63. The van der Waals surface area contributed by atoms with Crippen LogP contribution in [0.5, 0.6) is 0 Å². The van der Waals surface area contributed by atoms with Crippen LogP contribution in [0.4, 0.5) is 0 Å². The lowest BCUT2D eigenvalue weighted by atomic mass is 9.72. The first-order chi connectivity index (χ1) is 9.83. The van der Waals surface area contributed by atoms with Gasteiger partial charge in [0.2, 0.25) is 0 Å². The van der Waals surface area contributed by atoms with E-state index < -0.39 is 0 Å². The normalized spacial score (nSPS) is 27.3. The van der Waals surface area contributed by atoms with Gasteiger partial charge in [-0.1, -0.05) is 0 Å². The van der Waals surface area contributed by atoms with E-state index in [1.54, 1.807) is 12.3 Å². The molecule has 2 aliphatic heterocycles. The summed E-state index contributed by atoms with van der Waals surface area (Å²) in [7, 11) is 0. The number of hydrogen-bond donors (Lipinski definition) is 2. The lowest BCUT2D eigenvalue weighted by Gasteiger charge is -2.32. The van der Waals surface area contributed by atoms with Crippen molar-refractivity contribution in [1.29, 1.82) is 0 Å². The monoisotopic (exact) mass is 273 g/mol. The molecular weight excluding hydrogens is 258 g/mol. The molecule has 3 unspecified atom stereocenters. The molecule has 2 aromatic heterocycles. The summed E-state index contributed by atoms with van der Waals surface area (Å²) in [5.74, 6) is 2.09. The van der Waals surface area contributed by atoms with Crippen molar-refractivity contribution in [3.05, 3.63) is 42.0 Å². The van der Waals surface area contributed by atoms with Crippen molar-refractivity contribution in [3.8, 4) is 0 Å². The predicted octanol–water partition coefficient (Wildman–Crippen LogP) is 1.27. The first kappa shape index (κ1) is 11.7. The lowest BCUT2D eigenvalue weighted by molar-refractivity contribution is 0.0938. The van der Waals surface area contributed by atoms with Crippen molar-refractivity contribution in [3.63, 3.8) is 0 Å². The summed E-state index contributed by atoms with van der Waals surface area (Å²) in [6, 6.07) is 4.05. The van der Waals surface area contributed by atoms with Gasteiger partial charge in [0, 0.05) is 12.0 Å². The number of rotatable bonds is 4. The van der Waals surface area contributed by atoms with Crippen molar-refractivity contribution in [2.24, 2.45) is 5.92 Å². The van der Waals surface area contributed by atoms with Crippen molar-refractivity contribution < 1.29 is 13.6 Å². The first-order valence-corrected chi connectivity index (χ1v) is 6.80. The molecule has 20 heavy (non-hydrogen) atoms. The minimum atomic E-state index is -0.212. The first-order valence-electron chi connectivity index (χ1n) is 6.80. The largest absolute Gasteiger partial charge is 0.467 e. The molecule has 3 aliphatic rings. The van der Waals surface area contributed by atoms with Crippen LogP contribution >= 0.6 is 0 Å². The van der Waals surface area contributed by atoms with E-state index in [0.29, 0.717) is 41.6 Å². The number of nitrogens with zero attached hydrogens (tertiary/aromatic N) is 1. The van der Waals surface area contributed by atoms with E-state index in [1.807, 2.05) is 6.07 Å². The van der Waals surface area contributed by atoms with E-state index in [0.717, 1.165) is 6.54 Å². The third-order valence-electron chi connectivity index (χ3n) is 4.26. The summed E-state index contributed by atoms with van der Waals surface area (Å²) in [5, 5.41) is 6.22. The Labute approximate surface area is 115 Å². The Morgan fingerprint density at radius 1 is 1.50 bits per heavy atom. The van der Waals surface area contributed by atoms with Gasteiger partial charge in [-0.25, -0.2) is 4.98 Å². The van der Waals surface area contributed by atoms with Gasteiger partial charge in [0.1, 0.15) is 11.5 Å². The van der Waals surface area contributed by atoms with E-state index >= 15 is 0 Å². The SMILES string of the molecule is O=C(NCc1ccco1)c1ncoc1C1C2CNC1C2. The minimum absolute atomic E-state index is 0.212. The summed E-state index contributed by atoms with van der Waals surface area (Å²) in [6.45, 7) is 1.36. The molecule has 1 aliphatic carbocycles. The van der Waals surface area contributed by atoms with E-state index in [2.05, 4.69) is 15.6 Å². The predicted molar refractivity (Wildman–Crippen MR) is 69.0 cm³/mol. The molecule has 1 amide bonds. The second-order valence-corrected chi connectivity index (χ2v) is 5.36. The van der Waals surface area contributed by atoms with Gasteiger partial charge in [0.05, 0.1) is 12.8 Å². The van der Waals surface area contributed by atoms with Gasteiger partial charge >= 0.3 is 0 Å². The highest BCUT2D eigenvalue weighted by Crippen LogP contribution is 2.47. The summed E-state index contributed by atoms with van der Waals surface area (Å²) in [6.07, 6.45) is 4.11. The maximum Gasteiger partial charge on any atom is 0.273 e. The Hall–Kier alpha value is -2.08. The summed E-state index contributed by atoms with van der Waals surface area (Å²) >= 11 is 0. The standard InChI is InChI=1S/C14H15N3O3/c18-14(16-6-9-2-1-3-19-9)12-13(20-7-17-12)11-8-4-10(11)15-5-8/h1-3,7-8,10-11,15H,4-6H2,(H,16,18). The molecule has 0 aromatic carbocycles. The molecule has 3 fully saturated rings. The fraction of sp³-hybridized carbons (Fsp3) is 0.429. The van der Waals surface area contributed by atoms with Crippen molar-refractivity contribution in [2.75, 3.05) is 6.54 Å². The second-order valence-electron chi connectivity index (χ2n) is 5.36. The van der Waals surface area contributed by atoms with Gasteiger partial charge in [-0.15, -0.1) is 0 Å². The summed E-state index contributed by atoms with van der Waals surface area (Å²) < 4.78 is 10.7. The average Bonchev–Trinajstić information content (AvgIpc) is 3.17. The maximum absolute atomic E-state index is 12.2. The quantitative estimate of drug-likeness (QED) is 0.877. The number of aromatic nitrogens is 1. The number of nitrogens with one attached hydrogen (secondary N) is 2. The van der Waals surface area contributed by atoms with Crippen LogP contribution in [0.1, 0.15) is 34.3 Å². The van der Waals surface area contributed by atoms with Crippen LogP contribution in [0.25, 0.3) is 0 Å². The van der Waals surface area contributed by atoms with E-state index in [4.69, 9.17) is 8.83 Å². The Morgan fingerprint density at radius 3 is 3.15 bits per heavy atom. The zero-order chi connectivity index (χ0) is 13.5. The zero-order valence-corrected chi connectivity index (χ0v) is 10.8.